The number of hydrogen-bond donors (Lipinski definition) is 1. The van der Waals surface area contributed by atoms with E-state index < -0.39 is 12.6 Å². The number of para-hydroxylation sites is 2. The summed E-state index contributed by atoms with van der Waals surface area (Å²) in [6.07, 6.45) is 3.21. The molecule has 0 fully saturated rings. The second-order valence-corrected chi connectivity index (χ2v) is 14.3. The van der Waals surface area contributed by atoms with Crippen molar-refractivity contribution in [3.05, 3.63) is 124 Å². The molecule has 0 spiro atoms. The number of fused-ring (bicyclic) bond motifs is 5. The first-order valence-electron chi connectivity index (χ1n) is 19.6. The van der Waals surface area contributed by atoms with Crippen molar-refractivity contribution < 1.29 is 57.7 Å². The van der Waals surface area contributed by atoms with Crippen LogP contribution in [-0.2, 0) is 45.4 Å². The monoisotopic (exact) mass is 842 g/mol. The number of carbonyl (C=O) groups is 3. The Bertz CT molecular complexity index is 2560. The second-order valence-electron chi connectivity index (χ2n) is 14.3. The molecule has 16 nitrogen and oxygen atoms in total. The first-order valence-corrected chi connectivity index (χ1v) is 19.6. The molecule has 318 valence electrons. The molecular weight excluding hydrogens is 801 g/mol. The van der Waals surface area contributed by atoms with Gasteiger partial charge >= 0.3 is 5.97 Å². The predicted molar refractivity (Wildman–Crippen MR) is 227 cm³/mol. The number of rotatable bonds is 18. The molecule has 0 saturated carbocycles. The summed E-state index contributed by atoms with van der Waals surface area (Å²) in [4.78, 5) is 60.0. The van der Waals surface area contributed by atoms with E-state index in [0.717, 1.165) is 28.9 Å². The maximum Gasteiger partial charge on any atom is 0.333 e. The average Bonchev–Trinajstić information content (AvgIpc) is 3.86. The highest BCUT2D eigenvalue weighted by Gasteiger charge is 2.36. The van der Waals surface area contributed by atoms with Gasteiger partial charge < -0.3 is 38.4 Å². The Labute approximate surface area is 356 Å². The molecule has 16 heteroatoms. The van der Waals surface area contributed by atoms with Gasteiger partial charge in [-0.25, -0.2) is 14.6 Å². The molecule has 3 aliphatic rings. The zero-order valence-corrected chi connectivity index (χ0v) is 33.9. The number of carboxylic acids is 1. The fraction of sp³-hybridized carbons (Fsp3) is 0.239. The summed E-state index contributed by atoms with van der Waals surface area (Å²) >= 11 is 0. The van der Waals surface area contributed by atoms with Crippen LogP contribution in [0.3, 0.4) is 0 Å². The molecule has 3 aliphatic heterocycles. The number of anilines is 2. The number of carbonyl (C=O) groups excluding carboxylic acids is 2. The van der Waals surface area contributed by atoms with E-state index in [1.165, 1.54) is 14.2 Å². The van der Waals surface area contributed by atoms with Crippen molar-refractivity contribution in [1.29, 1.82) is 0 Å². The Balaban J connectivity index is 1.01. The molecule has 2 amide bonds. The zero-order chi connectivity index (χ0) is 43.2. The maximum atomic E-state index is 13.9. The van der Waals surface area contributed by atoms with Crippen molar-refractivity contribution in [1.82, 2.24) is 0 Å². The lowest BCUT2D eigenvalue weighted by molar-refractivity contribution is -0.338. The summed E-state index contributed by atoms with van der Waals surface area (Å²) in [6, 6.07) is 27.3. The lowest BCUT2D eigenvalue weighted by Crippen LogP contribution is -2.37. The van der Waals surface area contributed by atoms with Crippen LogP contribution in [-0.4, -0.2) is 82.8 Å². The molecule has 0 unspecified atom stereocenters. The van der Waals surface area contributed by atoms with Gasteiger partial charge in [-0.2, -0.15) is 0 Å². The Morgan fingerprint density at radius 3 is 2.23 bits per heavy atom. The van der Waals surface area contributed by atoms with Crippen LogP contribution < -0.4 is 33.5 Å². The first kappa shape index (κ1) is 41.5. The van der Waals surface area contributed by atoms with Gasteiger partial charge in [-0.1, -0.05) is 36.4 Å². The molecule has 0 radical (unpaired) electrons. The molecule has 1 atom stereocenters. The van der Waals surface area contributed by atoms with Gasteiger partial charge in [0.25, 0.3) is 11.8 Å². The number of benzene rings is 5. The van der Waals surface area contributed by atoms with Gasteiger partial charge in [-0.15, -0.1) is 0 Å². The van der Waals surface area contributed by atoms with E-state index in [-0.39, 0.29) is 44.7 Å². The molecule has 62 heavy (non-hydrogen) atoms. The van der Waals surface area contributed by atoms with Crippen molar-refractivity contribution in [3.8, 4) is 28.7 Å². The topological polar surface area (TPSA) is 176 Å². The molecule has 0 aromatic heterocycles. The Kier molecular flexibility index (Phi) is 12.4. The third-order valence-electron chi connectivity index (χ3n) is 10.5. The third kappa shape index (κ3) is 8.79. The fourth-order valence-electron chi connectivity index (χ4n) is 7.61. The van der Waals surface area contributed by atoms with Crippen LogP contribution in [0.25, 0.3) is 0 Å². The quantitative estimate of drug-likeness (QED) is 0.0314. The Morgan fingerprint density at radius 1 is 0.806 bits per heavy atom. The normalized spacial score (nSPS) is 14.6. The number of aliphatic imine (C=N–C) groups is 2. The Morgan fingerprint density at radius 2 is 1.50 bits per heavy atom. The van der Waals surface area contributed by atoms with E-state index in [2.05, 4.69) is 16.6 Å². The molecule has 5 aromatic rings. The highest BCUT2D eigenvalue weighted by molar-refractivity contribution is 6.15. The van der Waals surface area contributed by atoms with Crippen molar-refractivity contribution in [2.45, 2.75) is 32.1 Å². The number of ether oxygens (including phenoxy) is 6. The zero-order valence-electron chi connectivity index (χ0n) is 33.9. The van der Waals surface area contributed by atoms with Gasteiger partial charge in [0.15, 0.2) is 43.2 Å². The standard InChI is InChI=1S/C46H42N4O12/c1-47-36-20-42(40(55-2)18-34(36)45(53)49-13-12-30-8-4-6-10-38(30)49)58-23-28-14-29(16-33(15-28)60-26-57-27-62-61-25-44(51)52)24-59-43-21-37-35(19-41(43)56-3)46(54)50-32(22-48-37)17-31-9-5-7-11-39(31)50/h4-11,14-16,18-22,32H,1,12-13,17,23-27H2,2-3H3,(H,51,52)/t32-/m0/s1. The molecule has 1 N–H and O–H groups in total. The molecule has 3 heterocycles. The Hall–Kier alpha value is -7.27. The summed E-state index contributed by atoms with van der Waals surface area (Å²) in [5, 5.41) is 8.72. The highest BCUT2D eigenvalue weighted by Crippen LogP contribution is 2.42. The summed E-state index contributed by atoms with van der Waals surface area (Å²) in [7, 11) is 2.99. The van der Waals surface area contributed by atoms with Gasteiger partial charge in [0.2, 0.25) is 0 Å². The van der Waals surface area contributed by atoms with Crippen molar-refractivity contribution >= 4 is 53.5 Å². The van der Waals surface area contributed by atoms with Gasteiger partial charge in [-0.05, 0) is 77.9 Å². The number of carboxylic acid groups (broad SMARTS) is 1. The van der Waals surface area contributed by atoms with Crippen LogP contribution >= 0.6 is 0 Å². The van der Waals surface area contributed by atoms with E-state index in [0.29, 0.717) is 75.3 Å². The lowest BCUT2D eigenvalue weighted by Gasteiger charge is -2.22. The number of methoxy groups -OCH3 is 2. The first-order chi connectivity index (χ1) is 30.2. The van der Waals surface area contributed by atoms with E-state index in [9.17, 15) is 14.4 Å². The van der Waals surface area contributed by atoms with E-state index in [1.807, 2.05) is 54.6 Å². The van der Waals surface area contributed by atoms with Crippen LogP contribution in [0.2, 0.25) is 0 Å². The molecule has 0 saturated heterocycles. The summed E-state index contributed by atoms with van der Waals surface area (Å²) in [6.45, 7) is 3.01. The van der Waals surface area contributed by atoms with Crippen molar-refractivity contribution in [3.63, 3.8) is 0 Å². The smallest absolute Gasteiger partial charge is 0.333 e. The van der Waals surface area contributed by atoms with Crippen LogP contribution in [0.4, 0.5) is 22.7 Å². The number of aliphatic carboxylic acids is 1. The molecule has 0 aliphatic carbocycles. The number of hydrogen-bond acceptors (Lipinski definition) is 13. The van der Waals surface area contributed by atoms with Gasteiger partial charge in [-0.3, -0.25) is 24.5 Å². The van der Waals surface area contributed by atoms with Crippen LogP contribution in [0, 0.1) is 0 Å². The lowest BCUT2D eigenvalue weighted by atomic mass is 10.1. The highest BCUT2D eigenvalue weighted by atomic mass is 17.2. The van der Waals surface area contributed by atoms with Crippen molar-refractivity contribution in [2.24, 2.45) is 9.98 Å². The second kappa shape index (κ2) is 18.6. The largest absolute Gasteiger partial charge is 0.493 e. The number of nitrogens with zero attached hydrogens (tertiary/aromatic N) is 4. The van der Waals surface area contributed by atoms with E-state index in [4.69, 9.17) is 43.4 Å². The minimum absolute atomic E-state index is 0.0245. The van der Waals surface area contributed by atoms with E-state index >= 15 is 0 Å². The molecule has 5 aromatic carbocycles. The maximum absolute atomic E-state index is 13.9. The van der Waals surface area contributed by atoms with E-state index in [1.54, 1.807) is 52.4 Å². The predicted octanol–water partition coefficient (Wildman–Crippen LogP) is 7.03. The summed E-state index contributed by atoms with van der Waals surface area (Å²) in [5.41, 5.74) is 6.72. The minimum Gasteiger partial charge on any atom is -0.493 e. The summed E-state index contributed by atoms with van der Waals surface area (Å²) < 4.78 is 35.2. The van der Waals surface area contributed by atoms with Gasteiger partial charge in [0, 0.05) is 42.7 Å². The van der Waals surface area contributed by atoms with Gasteiger partial charge in [0.05, 0.1) is 42.8 Å². The van der Waals surface area contributed by atoms with Gasteiger partial charge in [0.1, 0.15) is 19.0 Å². The fourth-order valence-corrected chi connectivity index (χ4v) is 7.61. The minimum atomic E-state index is -1.20. The molecule has 0 bridgehead atoms. The number of amides is 2. The molecular formula is C46H42N4O12. The van der Waals surface area contributed by atoms with Crippen LogP contribution in [0.5, 0.6) is 28.7 Å². The third-order valence-corrected chi connectivity index (χ3v) is 10.5. The van der Waals surface area contributed by atoms with Crippen molar-refractivity contribution in [2.75, 3.05) is 50.8 Å². The molecule has 8 rings (SSSR count). The SMILES string of the molecule is C=Nc1cc(OCc2cc(COc3cc4c(cc3OC)C(=O)N3c5ccccc5C[C@H]3C=N4)cc(OCOCOOCC(=O)O)c2)c(OC)cc1C(=O)N1CCc2ccccc21. The average molecular weight is 843 g/mol. The van der Waals surface area contributed by atoms with Crippen LogP contribution in [0.15, 0.2) is 101 Å². The van der Waals surface area contributed by atoms with Crippen LogP contribution in [0.1, 0.15) is 43.0 Å². The summed E-state index contributed by atoms with van der Waals surface area (Å²) in [5.74, 6) is 0.143.